The Bertz CT molecular complexity index is 661. The summed E-state index contributed by atoms with van der Waals surface area (Å²) in [7, 11) is 1.21. The van der Waals surface area contributed by atoms with Gasteiger partial charge in [-0.05, 0) is 31.4 Å². The number of amides is 1. The highest BCUT2D eigenvalue weighted by Gasteiger charge is 2.32. The number of benzene rings is 1. The van der Waals surface area contributed by atoms with Gasteiger partial charge in [-0.25, -0.2) is 0 Å². The van der Waals surface area contributed by atoms with Gasteiger partial charge in [-0.15, -0.1) is 0 Å². The molecule has 0 saturated carbocycles. The van der Waals surface area contributed by atoms with E-state index in [9.17, 15) is 19.7 Å². The topological polar surface area (TPSA) is 102 Å². The summed E-state index contributed by atoms with van der Waals surface area (Å²) >= 11 is 0. The van der Waals surface area contributed by atoms with Gasteiger partial charge in [-0.1, -0.05) is 6.92 Å². The monoisotopic (exact) mass is 335 g/mol. The highest BCUT2D eigenvalue weighted by molar-refractivity contribution is 5.97. The molecule has 1 heterocycles. The molecule has 8 nitrogen and oxygen atoms in total. The number of nitrogens with zero attached hydrogens (tertiary/aromatic N) is 2. The van der Waals surface area contributed by atoms with Crippen LogP contribution in [0.3, 0.4) is 0 Å². The number of carbonyl (C=O) groups is 2. The SMILES string of the molecule is COC(=O)CNC(=O)c1ccc(N2CCC(C)C2C)c([N+](=O)[O-])c1. The third kappa shape index (κ3) is 3.64. The molecule has 0 radical (unpaired) electrons. The minimum Gasteiger partial charge on any atom is -0.468 e. The fraction of sp³-hybridized carbons (Fsp3) is 0.500. The number of ether oxygens (including phenoxy) is 1. The van der Waals surface area contributed by atoms with Gasteiger partial charge in [0.1, 0.15) is 12.2 Å². The van der Waals surface area contributed by atoms with Crippen LogP contribution >= 0.6 is 0 Å². The number of hydrogen-bond acceptors (Lipinski definition) is 6. The second-order valence-corrected chi connectivity index (χ2v) is 5.92. The van der Waals surface area contributed by atoms with Crippen molar-refractivity contribution in [2.24, 2.45) is 5.92 Å². The molecule has 1 amide bonds. The Kier molecular flexibility index (Phi) is 5.38. The third-order valence-electron chi connectivity index (χ3n) is 4.51. The zero-order valence-electron chi connectivity index (χ0n) is 13.9. The molecule has 1 aromatic rings. The number of methoxy groups -OCH3 is 1. The van der Waals surface area contributed by atoms with Crippen molar-refractivity contribution in [3.05, 3.63) is 33.9 Å². The summed E-state index contributed by atoms with van der Waals surface area (Å²) in [5, 5.41) is 13.8. The summed E-state index contributed by atoms with van der Waals surface area (Å²) in [4.78, 5) is 36.0. The molecular weight excluding hydrogens is 314 g/mol. The first-order valence-corrected chi connectivity index (χ1v) is 7.75. The molecule has 1 aliphatic rings. The van der Waals surface area contributed by atoms with Gasteiger partial charge in [0.05, 0.1) is 12.0 Å². The number of hydrogen-bond donors (Lipinski definition) is 1. The second-order valence-electron chi connectivity index (χ2n) is 5.92. The predicted molar refractivity (Wildman–Crippen MR) is 88.0 cm³/mol. The Morgan fingerprint density at radius 2 is 2.12 bits per heavy atom. The normalized spacial score (nSPS) is 19.9. The number of esters is 1. The minimum atomic E-state index is -0.589. The van der Waals surface area contributed by atoms with E-state index in [0.29, 0.717) is 11.6 Å². The molecule has 8 heteroatoms. The van der Waals surface area contributed by atoms with Crippen LogP contribution in [0.25, 0.3) is 0 Å². The zero-order chi connectivity index (χ0) is 17.9. The van der Waals surface area contributed by atoms with Gasteiger partial charge >= 0.3 is 5.97 Å². The average Bonchev–Trinajstić information content (AvgIpc) is 2.90. The van der Waals surface area contributed by atoms with Crippen molar-refractivity contribution in [3.63, 3.8) is 0 Å². The van der Waals surface area contributed by atoms with E-state index in [4.69, 9.17) is 0 Å². The van der Waals surface area contributed by atoms with Crippen LogP contribution in [0.1, 0.15) is 30.6 Å². The van der Waals surface area contributed by atoms with Crippen LogP contribution in [0.2, 0.25) is 0 Å². The van der Waals surface area contributed by atoms with Gasteiger partial charge in [-0.2, -0.15) is 0 Å². The lowest BCUT2D eigenvalue weighted by molar-refractivity contribution is -0.384. The predicted octanol–water partition coefficient (Wildman–Crippen LogP) is 1.73. The highest BCUT2D eigenvalue weighted by atomic mass is 16.6. The molecule has 1 N–H and O–H groups in total. The van der Waals surface area contributed by atoms with E-state index in [1.165, 1.54) is 19.2 Å². The Hall–Kier alpha value is -2.64. The lowest BCUT2D eigenvalue weighted by Crippen LogP contribution is -2.31. The Morgan fingerprint density at radius 1 is 1.42 bits per heavy atom. The highest BCUT2D eigenvalue weighted by Crippen LogP contribution is 2.36. The minimum absolute atomic E-state index is 0.110. The summed E-state index contributed by atoms with van der Waals surface area (Å²) in [6.45, 7) is 4.62. The first-order chi connectivity index (χ1) is 11.3. The van der Waals surface area contributed by atoms with Crippen molar-refractivity contribution in [1.29, 1.82) is 0 Å². The zero-order valence-corrected chi connectivity index (χ0v) is 13.9. The molecule has 2 unspecified atom stereocenters. The number of nitrogens with one attached hydrogen (secondary N) is 1. The Morgan fingerprint density at radius 3 is 2.67 bits per heavy atom. The summed E-state index contributed by atoms with van der Waals surface area (Å²) < 4.78 is 4.44. The van der Waals surface area contributed by atoms with Gasteiger partial charge in [0.15, 0.2) is 0 Å². The van der Waals surface area contributed by atoms with Crippen molar-refractivity contribution in [2.75, 3.05) is 25.1 Å². The molecule has 1 saturated heterocycles. The van der Waals surface area contributed by atoms with E-state index in [1.54, 1.807) is 6.07 Å². The van der Waals surface area contributed by atoms with E-state index in [2.05, 4.69) is 17.0 Å². The van der Waals surface area contributed by atoms with Gasteiger partial charge < -0.3 is 15.0 Å². The van der Waals surface area contributed by atoms with Crippen molar-refractivity contribution in [1.82, 2.24) is 5.32 Å². The molecule has 130 valence electrons. The number of nitro groups is 1. The maximum atomic E-state index is 12.0. The summed E-state index contributed by atoms with van der Waals surface area (Å²) in [6.07, 6.45) is 0.972. The fourth-order valence-corrected chi connectivity index (χ4v) is 2.82. The van der Waals surface area contributed by atoms with Crippen molar-refractivity contribution >= 4 is 23.3 Å². The van der Waals surface area contributed by atoms with E-state index >= 15 is 0 Å². The first-order valence-electron chi connectivity index (χ1n) is 7.75. The van der Waals surface area contributed by atoms with Crippen LogP contribution in [0.4, 0.5) is 11.4 Å². The number of nitro benzene ring substituents is 1. The van der Waals surface area contributed by atoms with E-state index in [0.717, 1.165) is 13.0 Å². The summed E-state index contributed by atoms with van der Waals surface area (Å²) in [5.41, 5.74) is 0.539. The van der Waals surface area contributed by atoms with Crippen LogP contribution in [-0.4, -0.2) is 43.0 Å². The lowest BCUT2D eigenvalue weighted by atomic mass is 10.0. The molecule has 1 aromatic carbocycles. The van der Waals surface area contributed by atoms with Crippen molar-refractivity contribution in [3.8, 4) is 0 Å². The largest absolute Gasteiger partial charge is 0.468 e. The van der Waals surface area contributed by atoms with Gasteiger partial charge in [0.25, 0.3) is 11.6 Å². The number of anilines is 1. The summed E-state index contributed by atoms with van der Waals surface area (Å²) in [6, 6.07) is 4.57. The fourth-order valence-electron chi connectivity index (χ4n) is 2.82. The standard InChI is InChI=1S/C16H21N3O5/c1-10-6-7-18(11(10)2)13-5-4-12(8-14(13)19(22)23)16(21)17-9-15(20)24-3/h4-5,8,10-11H,6-7,9H2,1-3H3,(H,17,21). The molecule has 0 aliphatic carbocycles. The van der Waals surface area contributed by atoms with Crippen LogP contribution in [0.15, 0.2) is 18.2 Å². The molecule has 1 fully saturated rings. The van der Waals surface area contributed by atoms with Crippen LogP contribution in [-0.2, 0) is 9.53 Å². The lowest BCUT2D eigenvalue weighted by Gasteiger charge is -2.25. The van der Waals surface area contributed by atoms with E-state index < -0.39 is 16.8 Å². The Balaban J connectivity index is 2.25. The van der Waals surface area contributed by atoms with Gasteiger partial charge in [0, 0.05) is 24.2 Å². The van der Waals surface area contributed by atoms with Crippen LogP contribution < -0.4 is 10.2 Å². The quantitative estimate of drug-likeness (QED) is 0.499. The maximum absolute atomic E-state index is 12.0. The molecule has 0 spiro atoms. The van der Waals surface area contributed by atoms with Crippen molar-refractivity contribution in [2.45, 2.75) is 26.3 Å². The molecule has 1 aliphatic heterocycles. The number of rotatable bonds is 5. The average molecular weight is 335 g/mol. The summed E-state index contributed by atoms with van der Waals surface area (Å²) in [5.74, 6) is -0.695. The molecule has 24 heavy (non-hydrogen) atoms. The first kappa shape index (κ1) is 17.7. The van der Waals surface area contributed by atoms with E-state index in [1.807, 2.05) is 11.8 Å². The van der Waals surface area contributed by atoms with Crippen LogP contribution in [0, 0.1) is 16.0 Å². The molecule has 2 atom stereocenters. The molecule has 2 rings (SSSR count). The maximum Gasteiger partial charge on any atom is 0.325 e. The van der Waals surface area contributed by atoms with E-state index in [-0.39, 0.29) is 23.8 Å². The second kappa shape index (κ2) is 7.29. The Labute approximate surface area is 139 Å². The number of carbonyl (C=O) groups excluding carboxylic acids is 2. The third-order valence-corrected chi connectivity index (χ3v) is 4.51. The molecule has 0 bridgehead atoms. The smallest absolute Gasteiger partial charge is 0.325 e. The van der Waals surface area contributed by atoms with Crippen molar-refractivity contribution < 1.29 is 19.2 Å². The molecular formula is C16H21N3O5. The molecule has 0 aromatic heterocycles. The van der Waals surface area contributed by atoms with Crippen LogP contribution in [0.5, 0.6) is 0 Å². The van der Waals surface area contributed by atoms with Gasteiger partial charge in [0.2, 0.25) is 0 Å². The van der Waals surface area contributed by atoms with Gasteiger partial charge in [-0.3, -0.25) is 19.7 Å².